The van der Waals surface area contributed by atoms with Crippen molar-refractivity contribution in [1.82, 2.24) is 5.32 Å². The van der Waals surface area contributed by atoms with E-state index in [2.05, 4.69) is 5.32 Å². The minimum Gasteiger partial charge on any atom is -0.494 e. The van der Waals surface area contributed by atoms with Gasteiger partial charge < -0.3 is 10.1 Å². The van der Waals surface area contributed by atoms with Crippen molar-refractivity contribution in [2.75, 3.05) is 13.7 Å². The van der Waals surface area contributed by atoms with E-state index in [4.69, 9.17) is 4.74 Å². The van der Waals surface area contributed by atoms with Gasteiger partial charge in [-0.15, -0.1) is 0 Å². The molecule has 0 atom stereocenters. The van der Waals surface area contributed by atoms with E-state index in [0.717, 1.165) is 11.3 Å². The molecule has 0 radical (unpaired) electrons. The van der Waals surface area contributed by atoms with Crippen molar-refractivity contribution in [3.8, 4) is 5.75 Å². The summed E-state index contributed by atoms with van der Waals surface area (Å²) in [4.78, 5) is 11.4. The van der Waals surface area contributed by atoms with Crippen LogP contribution in [0.1, 0.15) is 22.8 Å². The fourth-order valence-electron chi connectivity index (χ4n) is 1.31. The number of hydrogen-bond acceptors (Lipinski definition) is 2. The van der Waals surface area contributed by atoms with Gasteiger partial charge in [0.25, 0.3) is 5.91 Å². The fraction of sp³-hybridized carbons (Fsp3) is 0.364. The van der Waals surface area contributed by atoms with Crippen molar-refractivity contribution in [3.05, 3.63) is 29.3 Å². The molecule has 0 unspecified atom stereocenters. The van der Waals surface area contributed by atoms with Crippen molar-refractivity contribution in [3.63, 3.8) is 0 Å². The Morgan fingerprint density at radius 3 is 2.79 bits per heavy atom. The molecule has 0 aliphatic rings. The molecule has 0 aliphatic carbocycles. The van der Waals surface area contributed by atoms with Gasteiger partial charge in [-0.2, -0.15) is 0 Å². The van der Waals surface area contributed by atoms with Crippen molar-refractivity contribution < 1.29 is 9.53 Å². The molecule has 1 amide bonds. The number of benzene rings is 1. The van der Waals surface area contributed by atoms with Crippen LogP contribution in [0, 0.1) is 6.92 Å². The molecule has 0 spiro atoms. The molecule has 0 bridgehead atoms. The van der Waals surface area contributed by atoms with Crippen LogP contribution in [0.15, 0.2) is 18.2 Å². The van der Waals surface area contributed by atoms with E-state index in [1.807, 2.05) is 26.0 Å². The Kier molecular flexibility index (Phi) is 3.51. The monoisotopic (exact) mass is 193 g/mol. The summed E-state index contributed by atoms with van der Waals surface area (Å²) in [6.07, 6.45) is 0. The summed E-state index contributed by atoms with van der Waals surface area (Å²) in [5, 5.41) is 2.60. The first kappa shape index (κ1) is 10.6. The molecule has 14 heavy (non-hydrogen) atoms. The Bertz CT molecular complexity index is 334. The third-order valence-corrected chi connectivity index (χ3v) is 2.06. The van der Waals surface area contributed by atoms with Gasteiger partial charge in [0.05, 0.1) is 6.61 Å². The predicted molar refractivity (Wildman–Crippen MR) is 55.7 cm³/mol. The van der Waals surface area contributed by atoms with Crippen LogP contribution in [0.2, 0.25) is 0 Å². The molecule has 0 saturated carbocycles. The molecule has 1 aromatic rings. The molecule has 1 N–H and O–H groups in total. The lowest BCUT2D eigenvalue weighted by molar-refractivity contribution is 0.0962. The maximum absolute atomic E-state index is 11.4. The molecule has 3 nitrogen and oxygen atoms in total. The average Bonchev–Trinajstić information content (AvgIpc) is 2.20. The first-order valence-electron chi connectivity index (χ1n) is 4.65. The van der Waals surface area contributed by atoms with Crippen LogP contribution in [-0.4, -0.2) is 19.6 Å². The summed E-state index contributed by atoms with van der Waals surface area (Å²) in [5.74, 6) is 0.692. The Morgan fingerprint density at radius 2 is 2.21 bits per heavy atom. The minimum absolute atomic E-state index is 0.0796. The van der Waals surface area contributed by atoms with E-state index in [-0.39, 0.29) is 5.91 Å². The topological polar surface area (TPSA) is 38.3 Å². The predicted octanol–water partition coefficient (Wildman–Crippen LogP) is 1.75. The standard InChI is InChI=1S/C11H15NO2/c1-4-14-10-7-5-6-9(8(10)2)11(13)12-3/h5-7H,4H2,1-3H3,(H,12,13). The molecule has 0 heterocycles. The van der Waals surface area contributed by atoms with Crippen LogP contribution in [0.4, 0.5) is 0 Å². The van der Waals surface area contributed by atoms with Gasteiger partial charge in [-0.25, -0.2) is 0 Å². The normalized spacial score (nSPS) is 9.64. The number of nitrogens with one attached hydrogen (secondary N) is 1. The van der Waals surface area contributed by atoms with Gasteiger partial charge >= 0.3 is 0 Å². The molecule has 0 aliphatic heterocycles. The highest BCUT2D eigenvalue weighted by atomic mass is 16.5. The first-order valence-corrected chi connectivity index (χ1v) is 4.65. The third-order valence-electron chi connectivity index (χ3n) is 2.06. The van der Waals surface area contributed by atoms with Crippen LogP contribution in [0.3, 0.4) is 0 Å². The Hall–Kier alpha value is -1.51. The fourth-order valence-corrected chi connectivity index (χ4v) is 1.31. The number of carbonyl (C=O) groups is 1. The van der Waals surface area contributed by atoms with Gasteiger partial charge in [-0.3, -0.25) is 4.79 Å². The van der Waals surface area contributed by atoms with E-state index in [9.17, 15) is 4.79 Å². The van der Waals surface area contributed by atoms with E-state index in [1.165, 1.54) is 0 Å². The SMILES string of the molecule is CCOc1cccc(C(=O)NC)c1C. The van der Waals surface area contributed by atoms with Crippen molar-refractivity contribution in [1.29, 1.82) is 0 Å². The molecule has 1 rings (SSSR count). The van der Waals surface area contributed by atoms with Crippen LogP contribution < -0.4 is 10.1 Å². The highest BCUT2D eigenvalue weighted by Crippen LogP contribution is 2.21. The van der Waals surface area contributed by atoms with Gasteiger partial charge in [0, 0.05) is 18.2 Å². The second-order valence-corrected chi connectivity index (χ2v) is 2.94. The minimum atomic E-state index is -0.0796. The Balaban J connectivity index is 3.07. The summed E-state index contributed by atoms with van der Waals surface area (Å²) in [6.45, 7) is 4.42. The van der Waals surface area contributed by atoms with E-state index >= 15 is 0 Å². The van der Waals surface area contributed by atoms with Gasteiger partial charge in [-0.05, 0) is 26.0 Å². The molecule has 1 aromatic carbocycles. The van der Waals surface area contributed by atoms with E-state index < -0.39 is 0 Å². The average molecular weight is 193 g/mol. The van der Waals surface area contributed by atoms with Gasteiger partial charge in [0.2, 0.25) is 0 Å². The number of hydrogen-bond donors (Lipinski definition) is 1. The zero-order valence-electron chi connectivity index (χ0n) is 8.76. The highest BCUT2D eigenvalue weighted by Gasteiger charge is 2.09. The maximum Gasteiger partial charge on any atom is 0.251 e. The van der Waals surface area contributed by atoms with E-state index in [0.29, 0.717) is 12.2 Å². The summed E-state index contributed by atoms with van der Waals surface area (Å²) in [5.41, 5.74) is 1.55. The Morgan fingerprint density at radius 1 is 1.50 bits per heavy atom. The quantitative estimate of drug-likeness (QED) is 0.794. The summed E-state index contributed by atoms with van der Waals surface area (Å²) in [7, 11) is 1.62. The van der Waals surface area contributed by atoms with Crippen molar-refractivity contribution in [2.24, 2.45) is 0 Å². The summed E-state index contributed by atoms with van der Waals surface area (Å²) >= 11 is 0. The maximum atomic E-state index is 11.4. The van der Waals surface area contributed by atoms with Crippen LogP contribution in [0.5, 0.6) is 5.75 Å². The highest BCUT2D eigenvalue weighted by molar-refractivity contribution is 5.96. The first-order chi connectivity index (χ1) is 6.70. The van der Waals surface area contributed by atoms with Crippen LogP contribution >= 0.6 is 0 Å². The number of ether oxygens (including phenoxy) is 1. The molecule has 0 aromatic heterocycles. The number of rotatable bonds is 3. The van der Waals surface area contributed by atoms with Crippen molar-refractivity contribution >= 4 is 5.91 Å². The van der Waals surface area contributed by atoms with Crippen LogP contribution in [-0.2, 0) is 0 Å². The molecular weight excluding hydrogens is 178 g/mol. The largest absolute Gasteiger partial charge is 0.494 e. The van der Waals surface area contributed by atoms with Crippen LogP contribution in [0.25, 0.3) is 0 Å². The van der Waals surface area contributed by atoms with Gasteiger partial charge in [-0.1, -0.05) is 6.07 Å². The molecule has 0 fully saturated rings. The zero-order valence-corrected chi connectivity index (χ0v) is 8.76. The van der Waals surface area contributed by atoms with E-state index in [1.54, 1.807) is 13.1 Å². The lowest BCUT2D eigenvalue weighted by Crippen LogP contribution is -2.19. The van der Waals surface area contributed by atoms with Gasteiger partial charge in [0.1, 0.15) is 5.75 Å². The zero-order chi connectivity index (χ0) is 10.6. The lowest BCUT2D eigenvalue weighted by Gasteiger charge is -2.10. The second kappa shape index (κ2) is 4.65. The molecule has 3 heteroatoms. The summed E-state index contributed by atoms with van der Waals surface area (Å²) in [6, 6.07) is 5.48. The van der Waals surface area contributed by atoms with Gasteiger partial charge in [0.15, 0.2) is 0 Å². The van der Waals surface area contributed by atoms with Crippen molar-refractivity contribution in [2.45, 2.75) is 13.8 Å². The second-order valence-electron chi connectivity index (χ2n) is 2.94. The molecule has 76 valence electrons. The summed E-state index contributed by atoms with van der Waals surface area (Å²) < 4.78 is 5.39. The molecular formula is C11H15NO2. The smallest absolute Gasteiger partial charge is 0.251 e. The third kappa shape index (κ3) is 2.05. The number of carbonyl (C=O) groups excluding carboxylic acids is 1. The molecule has 0 saturated heterocycles. The lowest BCUT2D eigenvalue weighted by atomic mass is 10.1. The Labute approximate surface area is 84.1 Å². The number of amides is 1.